The molecule has 0 atom stereocenters. The predicted molar refractivity (Wildman–Crippen MR) is 240 cm³/mol. The molecule has 0 aliphatic heterocycles. The number of para-hydroxylation sites is 5. The number of aromatic nitrogens is 3. The Balaban J connectivity index is 1.06. The van der Waals surface area contributed by atoms with Crippen LogP contribution in [0.3, 0.4) is 0 Å². The summed E-state index contributed by atoms with van der Waals surface area (Å²) in [6, 6.07) is 77.4. The molecule has 0 bridgehead atoms. The minimum atomic E-state index is 1.15. The van der Waals surface area contributed by atoms with Gasteiger partial charge in [-0.1, -0.05) is 133 Å². The van der Waals surface area contributed by atoms with E-state index in [9.17, 15) is 0 Å². The molecule has 3 heterocycles. The maximum atomic E-state index is 2.46. The van der Waals surface area contributed by atoms with E-state index < -0.39 is 0 Å². The third kappa shape index (κ3) is 4.79. The van der Waals surface area contributed by atoms with Crippen LogP contribution in [0.25, 0.3) is 105 Å². The summed E-state index contributed by atoms with van der Waals surface area (Å²) in [4.78, 5) is 0. The Hall–Kier alpha value is -7.62. The van der Waals surface area contributed by atoms with Gasteiger partial charge in [-0.2, -0.15) is 0 Å². The van der Waals surface area contributed by atoms with Gasteiger partial charge in [0.2, 0.25) is 0 Å². The van der Waals surface area contributed by atoms with Crippen LogP contribution in [0, 0.1) is 0 Å². The van der Waals surface area contributed by atoms with Gasteiger partial charge in [-0.05, 0) is 101 Å². The molecule has 57 heavy (non-hydrogen) atoms. The quantitative estimate of drug-likeness (QED) is 0.168. The van der Waals surface area contributed by atoms with E-state index in [0.29, 0.717) is 0 Å². The van der Waals surface area contributed by atoms with Crippen LogP contribution in [-0.2, 0) is 0 Å². The summed E-state index contributed by atoms with van der Waals surface area (Å²) in [5, 5.41) is 7.49. The van der Waals surface area contributed by atoms with Gasteiger partial charge in [0.25, 0.3) is 0 Å². The average molecular weight is 726 g/mol. The van der Waals surface area contributed by atoms with E-state index in [1.54, 1.807) is 0 Å². The van der Waals surface area contributed by atoms with Crippen LogP contribution in [-0.4, -0.2) is 13.7 Å². The maximum absolute atomic E-state index is 2.46. The standard InChI is InChI=1S/C54H35N3/c1-4-17-40(18-5-1)55-49-25-12-11-24-44(49)47-34-38(27-31-51(47)55)36-15-14-16-37(33-36)39-28-32-52-48(35-39)46-30-29-45-43-23-10-13-26-50(43)56(41-19-6-2-7-20-41)53(45)54(46)57(52)42-21-8-3-9-22-42/h1-35H. The number of hydrogen-bond acceptors (Lipinski definition) is 0. The van der Waals surface area contributed by atoms with Crippen molar-refractivity contribution in [1.82, 2.24) is 13.7 Å². The molecule has 9 aromatic carbocycles. The molecule has 0 N–H and O–H groups in total. The summed E-state index contributed by atoms with van der Waals surface area (Å²) >= 11 is 0. The predicted octanol–water partition coefficient (Wildman–Crippen LogP) is 14.3. The smallest absolute Gasteiger partial charge is 0.0788 e. The van der Waals surface area contributed by atoms with Gasteiger partial charge in [-0.25, -0.2) is 0 Å². The fraction of sp³-hybridized carbons (Fsp3) is 0. The van der Waals surface area contributed by atoms with Crippen molar-refractivity contribution in [3.05, 3.63) is 212 Å². The lowest BCUT2D eigenvalue weighted by atomic mass is 9.97. The third-order valence-electron chi connectivity index (χ3n) is 11.8. The Morgan fingerprint density at radius 2 is 0.579 bits per heavy atom. The molecule has 0 saturated heterocycles. The number of benzene rings is 9. The van der Waals surface area contributed by atoms with E-state index >= 15 is 0 Å². The minimum Gasteiger partial charge on any atom is -0.309 e. The molecule has 266 valence electrons. The summed E-state index contributed by atoms with van der Waals surface area (Å²) in [5.41, 5.74) is 15.5. The van der Waals surface area contributed by atoms with Crippen LogP contribution in [0.1, 0.15) is 0 Å². The molecular weight excluding hydrogens is 691 g/mol. The van der Waals surface area contributed by atoms with Gasteiger partial charge in [0.1, 0.15) is 0 Å². The van der Waals surface area contributed by atoms with Crippen molar-refractivity contribution in [3.8, 4) is 39.3 Å². The molecular formula is C54H35N3. The van der Waals surface area contributed by atoms with E-state index in [2.05, 4.69) is 226 Å². The molecule has 0 radical (unpaired) electrons. The van der Waals surface area contributed by atoms with Crippen molar-refractivity contribution >= 4 is 65.4 Å². The molecule has 0 saturated carbocycles. The second kappa shape index (κ2) is 12.5. The van der Waals surface area contributed by atoms with E-state index in [-0.39, 0.29) is 0 Å². The largest absolute Gasteiger partial charge is 0.309 e. The number of rotatable bonds is 5. The molecule has 0 amide bonds. The summed E-state index contributed by atoms with van der Waals surface area (Å²) < 4.78 is 7.29. The Bertz CT molecular complexity index is 3500. The van der Waals surface area contributed by atoms with Gasteiger partial charge >= 0.3 is 0 Å². The van der Waals surface area contributed by atoms with Crippen molar-refractivity contribution in [1.29, 1.82) is 0 Å². The third-order valence-corrected chi connectivity index (χ3v) is 11.8. The highest BCUT2D eigenvalue weighted by Crippen LogP contribution is 2.43. The molecule has 0 spiro atoms. The van der Waals surface area contributed by atoms with Crippen molar-refractivity contribution in [2.75, 3.05) is 0 Å². The van der Waals surface area contributed by atoms with E-state index in [1.165, 1.54) is 93.4 Å². The molecule has 0 aliphatic carbocycles. The van der Waals surface area contributed by atoms with Crippen LogP contribution in [0.5, 0.6) is 0 Å². The van der Waals surface area contributed by atoms with Crippen LogP contribution in [0.2, 0.25) is 0 Å². The Morgan fingerprint density at radius 1 is 0.211 bits per heavy atom. The van der Waals surface area contributed by atoms with Crippen molar-refractivity contribution in [2.45, 2.75) is 0 Å². The van der Waals surface area contributed by atoms with Gasteiger partial charge in [-0.15, -0.1) is 0 Å². The summed E-state index contributed by atoms with van der Waals surface area (Å²) in [7, 11) is 0. The Morgan fingerprint density at radius 3 is 1.12 bits per heavy atom. The first-order valence-corrected chi connectivity index (χ1v) is 19.6. The lowest BCUT2D eigenvalue weighted by Gasteiger charge is -2.12. The fourth-order valence-electron chi connectivity index (χ4n) is 9.31. The maximum Gasteiger partial charge on any atom is 0.0788 e. The van der Waals surface area contributed by atoms with E-state index in [4.69, 9.17) is 0 Å². The summed E-state index contributed by atoms with van der Waals surface area (Å²) in [5.74, 6) is 0. The molecule has 0 aliphatic rings. The van der Waals surface area contributed by atoms with E-state index in [1.807, 2.05) is 0 Å². The van der Waals surface area contributed by atoms with E-state index in [0.717, 1.165) is 11.4 Å². The normalized spacial score (nSPS) is 11.9. The Labute approximate surface area is 329 Å². The molecule has 0 unspecified atom stereocenters. The van der Waals surface area contributed by atoms with Gasteiger partial charge in [0, 0.05) is 49.4 Å². The number of nitrogens with zero attached hydrogens (tertiary/aromatic N) is 3. The fourth-order valence-corrected chi connectivity index (χ4v) is 9.31. The number of fused-ring (bicyclic) bond motifs is 10. The van der Waals surface area contributed by atoms with Crippen LogP contribution in [0.4, 0.5) is 0 Å². The molecule has 3 heteroatoms. The Kier molecular flexibility index (Phi) is 6.93. The van der Waals surface area contributed by atoms with Crippen LogP contribution in [0.15, 0.2) is 212 Å². The first-order chi connectivity index (χ1) is 28.3. The van der Waals surface area contributed by atoms with Crippen molar-refractivity contribution in [3.63, 3.8) is 0 Å². The first-order valence-electron chi connectivity index (χ1n) is 19.6. The zero-order valence-corrected chi connectivity index (χ0v) is 31.0. The second-order valence-corrected chi connectivity index (χ2v) is 14.9. The zero-order valence-electron chi connectivity index (χ0n) is 31.0. The van der Waals surface area contributed by atoms with Crippen molar-refractivity contribution in [2.24, 2.45) is 0 Å². The highest BCUT2D eigenvalue weighted by atomic mass is 15.0. The van der Waals surface area contributed by atoms with Crippen LogP contribution < -0.4 is 0 Å². The highest BCUT2D eigenvalue weighted by molar-refractivity contribution is 6.24. The highest BCUT2D eigenvalue weighted by Gasteiger charge is 2.22. The molecule has 3 nitrogen and oxygen atoms in total. The van der Waals surface area contributed by atoms with Gasteiger partial charge < -0.3 is 13.7 Å². The molecule has 12 aromatic rings. The van der Waals surface area contributed by atoms with Gasteiger partial charge in [-0.3, -0.25) is 0 Å². The number of hydrogen-bond donors (Lipinski definition) is 0. The topological polar surface area (TPSA) is 14.8 Å². The van der Waals surface area contributed by atoms with Gasteiger partial charge in [0.05, 0.1) is 33.1 Å². The molecule has 3 aromatic heterocycles. The SMILES string of the molecule is c1ccc(-n2c3ccccc3c3cc(-c4cccc(-c5ccc6c(c5)c5ccc7c8ccccc8n(-c8ccccc8)c7c5n6-c5ccccc5)c4)ccc32)cc1. The lowest BCUT2D eigenvalue weighted by Crippen LogP contribution is -1.98. The zero-order chi connectivity index (χ0) is 37.5. The second-order valence-electron chi connectivity index (χ2n) is 14.9. The average Bonchev–Trinajstić information content (AvgIpc) is 3.92. The lowest BCUT2D eigenvalue weighted by molar-refractivity contribution is 1.15. The molecule has 12 rings (SSSR count). The minimum absolute atomic E-state index is 1.15. The first kappa shape index (κ1) is 31.7. The summed E-state index contributed by atoms with van der Waals surface area (Å²) in [6.45, 7) is 0. The molecule has 0 fully saturated rings. The van der Waals surface area contributed by atoms with Crippen molar-refractivity contribution < 1.29 is 0 Å². The van der Waals surface area contributed by atoms with Gasteiger partial charge in [0.15, 0.2) is 0 Å². The van der Waals surface area contributed by atoms with Crippen LogP contribution >= 0.6 is 0 Å². The monoisotopic (exact) mass is 725 g/mol. The summed E-state index contributed by atoms with van der Waals surface area (Å²) in [6.07, 6.45) is 0.